The minimum absolute atomic E-state index is 0. The molecule has 0 amide bonds. The second-order valence-corrected chi connectivity index (χ2v) is 5.83. The van der Waals surface area contributed by atoms with Gasteiger partial charge < -0.3 is 14.8 Å². The van der Waals surface area contributed by atoms with Crippen LogP contribution in [0.3, 0.4) is 0 Å². The zero-order chi connectivity index (χ0) is 17.0. The Labute approximate surface area is 157 Å². The third-order valence-electron chi connectivity index (χ3n) is 4.19. The number of hydrogen-bond acceptors (Lipinski definition) is 2. The number of piperazine rings is 1. The molecule has 0 saturated carbocycles. The van der Waals surface area contributed by atoms with Crippen LogP contribution in [0.25, 0.3) is 0 Å². The van der Waals surface area contributed by atoms with Crippen LogP contribution < -0.4 is 5.32 Å². The Morgan fingerprint density at radius 2 is 1.92 bits per heavy atom. The maximum Gasteiger partial charge on any atom is 0.403 e. The molecule has 1 aromatic rings. The predicted molar refractivity (Wildman–Crippen MR) is 99.7 cm³/mol. The molecule has 1 unspecified atom stereocenters. The Balaban J connectivity index is 0.00000288. The minimum atomic E-state index is -4.17. The fourth-order valence-electron chi connectivity index (χ4n) is 2.71. The smallest absolute Gasteiger partial charge is 0.357 e. The summed E-state index contributed by atoms with van der Waals surface area (Å²) in [5.74, 6) is 0.730. The summed E-state index contributed by atoms with van der Waals surface area (Å²) in [6, 6.07) is 0.618. The fourth-order valence-corrected chi connectivity index (χ4v) is 2.71. The molecule has 1 N–H and O–H groups in total. The van der Waals surface area contributed by atoms with Crippen molar-refractivity contribution in [2.45, 2.75) is 25.7 Å². The standard InChI is InChI=1S/C15H24F3N5.HI/c1-12(15(16,17)18)22-6-8-23(9-7-22)14(19-2)20-10-13-4-5-21(3)11-13;/h4-5,11-12H,6-10H2,1-3H3,(H,19,20);1H. The lowest BCUT2D eigenvalue weighted by molar-refractivity contribution is -0.181. The van der Waals surface area contributed by atoms with Crippen molar-refractivity contribution >= 4 is 29.9 Å². The zero-order valence-electron chi connectivity index (χ0n) is 14.2. The number of aliphatic imine (C=N–C) groups is 1. The highest BCUT2D eigenvalue weighted by molar-refractivity contribution is 14.0. The Morgan fingerprint density at radius 1 is 1.29 bits per heavy atom. The third-order valence-corrected chi connectivity index (χ3v) is 4.19. The van der Waals surface area contributed by atoms with Crippen molar-refractivity contribution in [2.24, 2.45) is 12.0 Å². The van der Waals surface area contributed by atoms with Crippen LogP contribution in [-0.4, -0.2) is 65.8 Å². The number of rotatable bonds is 3. The molecule has 24 heavy (non-hydrogen) atoms. The van der Waals surface area contributed by atoms with E-state index in [1.165, 1.54) is 11.8 Å². The summed E-state index contributed by atoms with van der Waals surface area (Å²) in [5.41, 5.74) is 1.14. The normalized spacial score (nSPS) is 18.2. The van der Waals surface area contributed by atoms with E-state index in [4.69, 9.17) is 0 Å². The molecule has 0 bridgehead atoms. The van der Waals surface area contributed by atoms with E-state index < -0.39 is 12.2 Å². The highest BCUT2D eigenvalue weighted by Gasteiger charge is 2.41. The van der Waals surface area contributed by atoms with Crippen molar-refractivity contribution in [1.82, 2.24) is 19.7 Å². The Bertz CT molecular complexity index is 535. The van der Waals surface area contributed by atoms with Gasteiger partial charge in [0.25, 0.3) is 0 Å². The maximum absolute atomic E-state index is 12.8. The van der Waals surface area contributed by atoms with Gasteiger partial charge in [-0.1, -0.05) is 0 Å². The number of alkyl halides is 3. The summed E-state index contributed by atoms with van der Waals surface area (Å²) < 4.78 is 40.3. The van der Waals surface area contributed by atoms with Crippen LogP contribution in [0.4, 0.5) is 13.2 Å². The fraction of sp³-hybridized carbons (Fsp3) is 0.667. The molecular weight excluding hydrogens is 434 g/mol. The van der Waals surface area contributed by atoms with Gasteiger partial charge in [-0.3, -0.25) is 9.89 Å². The van der Waals surface area contributed by atoms with Gasteiger partial charge >= 0.3 is 6.18 Å². The summed E-state index contributed by atoms with van der Waals surface area (Å²) in [6.07, 6.45) is -0.185. The molecule has 0 radical (unpaired) electrons. The van der Waals surface area contributed by atoms with Gasteiger partial charge in [-0.15, -0.1) is 24.0 Å². The van der Waals surface area contributed by atoms with Gasteiger partial charge in [-0.25, -0.2) is 0 Å². The monoisotopic (exact) mass is 459 g/mol. The van der Waals surface area contributed by atoms with E-state index in [0.717, 1.165) is 11.5 Å². The van der Waals surface area contributed by atoms with E-state index in [0.29, 0.717) is 32.7 Å². The first-order valence-electron chi connectivity index (χ1n) is 7.68. The van der Waals surface area contributed by atoms with E-state index in [-0.39, 0.29) is 24.0 Å². The van der Waals surface area contributed by atoms with Crippen molar-refractivity contribution in [3.63, 3.8) is 0 Å². The van der Waals surface area contributed by atoms with Crippen LogP contribution in [0.1, 0.15) is 12.5 Å². The first-order chi connectivity index (χ1) is 10.8. The molecule has 1 fully saturated rings. The molecule has 138 valence electrons. The number of aromatic nitrogens is 1. The van der Waals surface area contributed by atoms with Crippen LogP contribution in [0, 0.1) is 0 Å². The van der Waals surface area contributed by atoms with Gasteiger partial charge in [0.15, 0.2) is 5.96 Å². The summed E-state index contributed by atoms with van der Waals surface area (Å²) in [4.78, 5) is 7.71. The lowest BCUT2D eigenvalue weighted by Gasteiger charge is -2.39. The Morgan fingerprint density at radius 3 is 2.38 bits per heavy atom. The third kappa shape index (κ3) is 5.54. The number of hydrogen-bond donors (Lipinski definition) is 1. The largest absolute Gasteiger partial charge is 0.403 e. The molecule has 2 heterocycles. The molecular formula is C15H25F3IN5. The topological polar surface area (TPSA) is 35.8 Å². The SMILES string of the molecule is CN=C(NCc1ccn(C)c1)N1CCN(C(C)C(F)(F)F)CC1.I. The van der Waals surface area contributed by atoms with E-state index in [2.05, 4.69) is 10.3 Å². The maximum atomic E-state index is 12.8. The highest BCUT2D eigenvalue weighted by atomic mass is 127. The van der Waals surface area contributed by atoms with Gasteiger partial charge in [0.1, 0.15) is 6.04 Å². The minimum Gasteiger partial charge on any atom is -0.357 e. The lowest BCUT2D eigenvalue weighted by atomic mass is 10.2. The molecule has 0 aliphatic carbocycles. The average Bonchev–Trinajstić information content (AvgIpc) is 2.92. The summed E-state index contributed by atoms with van der Waals surface area (Å²) >= 11 is 0. The zero-order valence-corrected chi connectivity index (χ0v) is 16.5. The summed E-state index contributed by atoms with van der Waals surface area (Å²) in [7, 11) is 3.65. The predicted octanol–water partition coefficient (Wildman–Crippen LogP) is 2.29. The molecule has 0 aromatic carbocycles. The molecule has 1 saturated heterocycles. The van der Waals surface area contributed by atoms with E-state index in [9.17, 15) is 13.2 Å². The second kappa shape index (κ2) is 8.93. The van der Waals surface area contributed by atoms with Crippen LogP contribution in [0.5, 0.6) is 0 Å². The Hall–Kier alpha value is -0.970. The molecule has 9 heteroatoms. The molecule has 1 aromatic heterocycles. The van der Waals surface area contributed by atoms with Crippen LogP contribution in [-0.2, 0) is 13.6 Å². The van der Waals surface area contributed by atoms with Crippen LogP contribution in [0.2, 0.25) is 0 Å². The van der Waals surface area contributed by atoms with E-state index in [1.54, 1.807) is 7.05 Å². The Kier molecular flexibility index (Phi) is 7.84. The van der Waals surface area contributed by atoms with Gasteiger partial charge in [0.2, 0.25) is 0 Å². The van der Waals surface area contributed by atoms with Gasteiger partial charge in [0, 0.05) is 59.2 Å². The van der Waals surface area contributed by atoms with Crippen molar-refractivity contribution in [1.29, 1.82) is 0 Å². The average molecular weight is 459 g/mol. The number of guanidine groups is 1. The van der Waals surface area contributed by atoms with Gasteiger partial charge in [0.05, 0.1) is 0 Å². The summed E-state index contributed by atoms with van der Waals surface area (Å²) in [6.45, 7) is 3.70. The molecule has 1 aliphatic rings. The molecule has 0 spiro atoms. The van der Waals surface area contributed by atoms with Gasteiger partial charge in [-0.05, 0) is 18.6 Å². The number of nitrogens with one attached hydrogen (secondary N) is 1. The molecule has 5 nitrogen and oxygen atoms in total. The number of aryl methyl sites for hydroxylation is 1. The van der Waals surface area contributed by atoms with Crippen molar-refractivity contribution in [2.75, 3.05) is 33.2 Å². The molecule has 1 aliphatic heterocycles. The van der Waals surface area contributed by atoms with Crippen molar-refractivity contribution in [3.05, 3.63) is 24.0 Å². The second-order valence-electron chi connectivity index (χ2n) is 5.83. The number of halogens is 4. The summed E-state index contributed by atoms with van der Waals surface area (Å²) in [5, 5.41) is 3.26. The van der Waals surface area contributed by atoms with E-state index in [1.807, 2.05) is 35.0 Å². The first kappa shape index (κ1) is 21.1. The first-order valence-corrected chi connectivity index (χ1v) is 7.68. The number of nitrogens with zero attached hydrogens (tertiary/aromatic N) is 4. The van der Waals surface area contributed by atoms with Crippen LogP contribution in [0.15, 0.2) is 23.5 Å². The van der Waals surface area contributed by atoms with Crippen molar-refractivity contribution in [3.8, 4) is 0 Å². The lowest BCUT2D eigenvalue weighted by Crippen LogP contribution is -2.56. The van der Waals surface area contributed by atoms with E-state index >= 15 is 0 Å². The quantitative estimate of drug-likeness (QED) is 0.428. The van der Waals surface area contributed by atoms with Gasteiger partial charge in [-0.2, -0.15) is 13.2 Å². The van der Waals surface area contributed by atoms with Crippen LogP contribution >= 0.6 is 24.0 Å². The highest BCUT2D eigenvalue weighted by Crippen LogP contribution is 2.25. The van der Waals surface area contributed by atoms with Crippen molar-refractivity contribution < 1.29 is 13.2 Å². The molecule has 1 atom stereocenters. The molecule has 2 rings (SSSR count).